The number of rotatable bonds is 7. The lowest BCUT2D eigenvalue weighted by atomic mass is 10.2. The van der Waals surface area contributed by atoms with Crippen LogP contribution < -0.4 is 5.73 Å². The summed E-state index contributed by atoms with van der Waals surface area (Å²) >= 11 is 0. The van der Waals surface area contributed by atoms with Crippen molar-refractivity contribution in [3.8, 4) is 0 Å². The zero-order chi connectivity index (χ0) is 30.0. The third-order valence-corrected chi connectivity index (χ3v) is 6.31. The van der Waals surface area contributed by atoms with Gasteiger partial charge in [0.25, 0.3) is 0 Å². The van der Waals surface area contributed by atoms with E-state index < -0.39 is 11.9 Å². The SMILES string of the molecule is CCOC(=O)c1cc(N)cc(CN2CCOCCOCCN(Cc3cccc(C(=O)OC)n3)CCOCCOCC2)n1. The van der Waals surface area contributed by atoms with Gasteiger partial charge in [-0.2, -0.15) is 0 Å². The number of methoxy groups -OCH3 is 1. The van der Waals surface area contributed by atoms with Crippen molar-refractivity contribution in [2.45, 2.75) is 20.0 Å². The van der Waals surface area contributed by atoms with Crippen molar-refractivity contribution in [3.05, 3.63) is 53.1 Å². The molecule has 1 aliphatic heterocycles. The Bertz CT molecular complexity index is 1090. The molecular weight excluding hydrogens is 546 g/mol. The van der Waals surface area contributed by atoms with Crippen molar-refractivity contribution < 1.29 is 38.0 Å². The third-order valence-electron chi connectivity index (χ3n) is 6.31. The number of anilines is 1. The molecule has 1 aliphatic rings. The van der Waals surface area contributed by atoms with Gasteiger partial charge in [-0.3, -0.25) is 9.80 Å². The monoisotopic (exact) mass is 589 g/mol. The van der Waals surface area contributed by atoms with Crippen molar-refractivity contribution >= 4 is 17.6 Å². The van der Waals surface area contributed by atoms with Gasteiger partial charge in [0.2, 0.25) is 0 Å². The zero-order valence-corrected chi connectivity index (χ0v) is 24.6. The minimum atomic E-state index is -0.495. The molecule has 0 aliphatic carbocycles. The Hall–Kier alpha value is -3.20. The second kappa shape index (κ2) is 19.1. The van der Waals surface area contributed by atoms with Crippen LogP contribution in [0.1, 0.15) is 39.3 Å². The highest BCUT2D eigenvalue weighted by Crippen LogP contribution is 2.12. The normalized spacial score (nSPS) is 17.6. The number of ether oxygens (including phenoxy) is 6. The number of hydrogen-bond donors (Lipinski definition) is 1. The number of esters is 2. The molecule has 0 atom stereocenters. The van der Waals surface area contributed by atoms with Gasteiger partial charge in [-0.15, -0.1) is 0 Å². The Labute approximate surface area is 247 Å². The molecule has 0 unspecified atom stereocenters. The summed E-state index contributed by atoms with van der Waals surface area (Å²) in [6.45, 7) is 9.49. The van der Waals surface area contributed by atoms with Crippen LogP contribution in [0.25, 0.3) is 0 Å². The molecular formula is C29H43N5O8. The topological polar surface area (TPSA) is 148 Å². The summed E-state index contributed by atoms with van der Waals surface area (Å²) in [4.78, 5) is 37.2. The van der Waals surface area contributed by atoms with Gasteiger partial charge >= 0.3 is 11.9 Å². The van der Waals surface area contributed by atoms with Crippen LogP contribution in [0.3, 0.4) is 0 Å². The van der Waals surface area contributed by atoms with Gasteiger partial charge in [0.1, 0.15) is 5.69 Å². The third kappa shape index (κ3) is 12.3. The van der Waals surface area contributed by atoms with E-state index in [0.717, 1.165) is 5.69 Å². The molecule has 3 rings (SSSR count). The van der Waals surface area contributed by atoms with E-state index in [2.05, 4.69) is 19.8 Å². The van der Waals surface area contributed by atoms with Gasteiger partial charge < -0.3 is 34.2 Å². The number of carbonyl (C=O) groups is 2. The maximum Gasteiger partial charge on any atom is 0.356 e. The number of nitrogen functional groups attached to an aromatic ring is 1. The molecule has 2 N–H and O–H groups in total. The zero-order valence-electron chi connectivity index (χ0n) is 24.6. The van der Waals surface area contributed by atoms with E-state index in [0.29, 0.717) is 104 Å². The average Bonchev–Trinajstić information content (AvgIpc) is 2.98. The Morgan fingerprint density at radius 3 is 1.81 bits per heavy atom. The van der Waals surface area contributed by atoms with Crippen molar-refractivity contribution in [1.82, 2.24) is 19.8 Å². The molecule has 13 nitrogen and oxygen atoms in total. The predicted octanol–water partition coefficient (Wildman–Crippen LogP) is 1.41. The summed E-state index contributed by atoms with van der Waals surface area (Å²) in [7, 11) is 1.34. The molecule has 0 spiro atoms. The fourth-order valence-corrected chi connectivity index (χ4v) is 4.20. The van der Waals surface area contributed by atoms with E-state index in [-0.39, 0.29) is 18.0 Å². The molecule has 3 heterocycles. The summed E-state index contributed by atoms with van der Waals surface area (Å²) in [5.41, 5.74) is 8.39. The van der Waals surface area contributed by atoms with E-state index in [1.165, 1.54) is 13.2 Å². The minimum Gasteiger partial charge on any atom is -0.464 e. The minimum absolute atomic E-state index is 0.194. The van der Waals surface area contributed by atoms with Crippen LogP contribution in [-0.4, -0.2) is 124 Å². The summed E-state index contributed by atoms with van der Waals surface area (Å²) in [5, 5.41) is 0. The van der Waals surface area contributed by atoms with Crippen LogP contribution >= 0.6 is 0 Å². The van der Waals surface area contributed by atoms with Crippen molar-refractivity contribution in [2.75, 3.05) is 98.5 Å². The highest BCUT2D eigenvalue weighted by atomic mass is 16.5. The maximum atomic E-state index is 12.2. The Morgan fingerprint density at radius 1 is 0.762 bits per heavy atom. The standard InChI is InChI=1S/C29H43N5O8/c1-3-42-29(36)27-20-23(30)19-25(32-27)22-34-9-13-40-17-15-38-11-7-33(8-12-39-16-18-41-14-10-34)21-24-5-4-6-26(31-24)28(35)37-2/h4-6,19-20H,3,7-18,21-22H2,1-2H3,(H2,30,32). The molecule has 1 saturated heterocycles. The van der Waals surface area contributed by atoms with Gasteiger partial charge in [0.05, 0.1) is 78.0 Å². The smallest absolute Gasteiger partial charge is 0.356 e. The molecule has 232 valence electrons. The molecule has 13 heteroatoms. The van der Waals surface area contributed by atoms with Gasteiger partial charge in [0, 0.05) is 45.0 Å². The summed E-state index contributed by atoms with van der Waals surface area (Å²) in [6.07, 6.45) is 0. The number of carbonyl (C=O) groups excluding carboxylic acids is 2. The predicted molar refractivity (Wildman–Crippen MR) is 154 cm³/mol. The van der Waals surface area contributed by atoms with E-state index in [1.807, 2.05) is 6.07 Å². The van der Waals surface area contributed by atoms with Crippen molar-refractivity contribution in [3.63, 3.8) is 0 Å². The second-order valence-corrected chi connectivity index (χ2v) is 9.51. The number of hydrogen-bond acceptors (Lipinski definition) is 13. The molecule has 0 radical (unpaired) electrons. The molecule has 2 aromatic heterocycles. The average molecular weight is 590 g/mol. The van der Waals surface area contributed by atoms with Crippen LogP contribution in [0, 0.1) is 0 Å². The number of nitrogens with two attached hydrogens (primary N) is 1. The summed E-state index contributed by atoms with van der Waals surface area (Å²) in [6, 6.07) is 8.59. The van der Waals surface area contributed by atoms with Crippen LogP contribution in [0.5, 0.6) is 0 Å². The van der Waals surface area contributed by atoms with E-state index >= 15 is 0 Å². The summed E-state index contributed by atoms with van der Waals surface area (Å²) in [5.74, 6) is -0.958. The number of aromatic nitrogens is 2. The molecule has 0 bridgehead atoms. The lowest BCUT2D eigenvalue weighted by Gasteiger charge is -2.23. The Morgan fingerprint density at radius 2 is 1.29 bits per heavy atom. The van der Waals surface area contributed by atoms with E-state index in [1.54, 1.807) is 25.1 Å². The fraction of sp³-hybridized carbons (Fsp3) is 0.586. The van der Waals surface area contributed by atoms with Crippen LogP contribution in [-0.2, 0) is 41.5 Å². The molecule has 42 heavy (non-hydrogen) atoms. The largest absolute Gasteiger partial charge is 0.464 e. The van der Waals surface area contributed by atoms with Crippen molar-refractivity contribution in [2.24, 2.45) is 0 Å². The first-order valence-electron chi connectivity index (χ1n) is 14.2. The van der Waals surface area contributed by atoms with Gasteiger partial charge in [-0.1, -0.05) is 6.07 Å². The Balaban J connectivity index is 1.51. The highest BCUT2D eigenvalue weighted by Gasteiger charge is 2.15. The van der Waals surface area contributed by atoms with Gasteiger partial charge in [0.15, 0.2) is 5.69 Å². The second-order valence-electron chi connectivity index (χ2n) is 9.51. The first-order valence-corrected chi connectivity index (χ1v) is 14.2. The lowest BCUT2D eigenvalue weighted by molar-refractivity contribution is 0.00597. The first kappa shape index (κ1) is 33.3. The fourth-order valence-electron chi connectivity index (χ4n) is 4.20. The molecule has 0 amide bonds. The van der Waals surface area contributed by atoms with Crippen molar-refractivity contribution in [1.29, 1.82) is 0 Å². The molecule has 2 aromatic rings. The molecule has 1 fully saturated rings. The molecule has 0 aromatic carbocycles. The quantitative estimate of drug-likeness (QED) is 0.465. The van der Waals surface area contributed by atoms with Gasteiger partial charge in [-0.25, -0.2) is 19.6 Å². The van der Waals surface area contributed by atoms with E-state index in [9.17, 15) is 9.59 Å². The Kier molecular flexibility index (Phi) is 15.1. The number of pyridine rings is 2. The summed E-state index contributed by atoms with van der Waals surface area (Å²) < 4.78 is 33.1. The van der Waals surface area contributed by atoms with E-state index in [4.69, 9.17) is 34.2 Å². The molecule has 0 saturated carbocycles. The first-order chi connectivity index (χ1) is 20.5. The van der Waals surface area contributed by atoms with Crippen LogP contribution in [0.15, 0.2) is 30.3 Å². The van der Waals surface area contributed by atoms with Crippen LogP contribution in [0.4, 0.5) is 5.69 Å². The maximum absolute atomic E-state index is 12.2. The van der Waals surface area contributed by atoms with Crippen LogP contribution in [0.2, 0.25) is 0 Å². The van der Waals surface area contributed by atoms with Gasteiger partial charge in [-0.05, 0) is 31.2 Å². The lowest BCUT2D eigenvalue weighted by Crippen LogP contribution is -2.33. The highest BCUT2D eigenvalue weighted by molar-refractivity contribution is 5.88. The number of nitrogens with zero attached hydrogens (tertiary/aromatic N) is 4.